The molecule has 0 atom stereocenters. The number of rotatable bonds is 3. The standard InChI is InChI=1S/C13H13NS2/c1-4-7-14-11-8-10(3)16-13(11)12-6-5-9(2)15-12/h4-8H,1H2,2-3H3. The molecule has 2 aromatic heterocycles. The Labute approximate surface area is 104 Å². The number of nitrogens with zero attached hydrogens (tertiary/aromatic N) is 1. The summed E-state index contributed by atoms with van der Waals surface area (Å²) in [5.41, 5.74) is 1.05. The maximum atomic E-state index is 4.41. The maximum Gasteiger partial charge on any atom is 0.0826 e. The molecule has 0 aliphatic heterocycles. The van der Waals surface area contributed by atoms with Gasteiger partial charge in [-0.2, -0.15) is 0 Å². The highest BCUT2D eigenvalue weighted by molar-refractivity contribution is 7.22. The molecule has 0 spiro atoms. The molecule has 0 aromatic carbocycles. The van der Waals surface area contributed by atoms with Crippen LogP contribution in [0.1, 0.15) is 9.75 Å². The lowest BCUT2D eigenvalue weighted by molar-refractivity contribution is 1.56. The van der Waals surface area contributed by atoms with Crippen molar-refractivity contribution in [2.75, 3.05) is 0 Å². The topological polar surface area (TPSA) is 12.4 Å². The second-order valence-corrected chi connectivity index (χ2v) is 6.04. The van der Waals surface area contributed by atoms with Gasteiger partial charge in [0.15, 0.2) is 0 Å². The van der Waals surface area contributed by atoms with E-state index in [1.54, 1.807) is 23.6 Å². The van der Waals surface area contributed by atoms with Gasteiger partial charge in [-0.25, -0.2) is 0 Å². The Morgan fingerprint density at radius 2 is 2.00 bits per heavy atom. The molecule has 2 rings (SSSR count). The van der Waals surface area contributed by atoms with Crippen molar-refractivity contribution in [3.05, 3.63) is 40.6 Å². The fourth-order valence-corrected chi connectivity index (χ4v) is 3.41. The van der Waals surface area contributed by atoms with E-state index >= 15 is 0 Å². The first-order valence-electron chi connectivity index (χ1n) is 5.03. The summed E-state index contributed by atoms with van der Waals surface area (Å²) in [6.07, 6.45) is 3.45. The summed E-state index contributed by atoms with van der Waals surface area (Å²) in [5, 5.41) is 0. The zero-order valence-electron chi connectivity index (χ0n) is 9.36. The Balaban J connectivity index is 2.47. The van der Waals surface area contributed by atoms with E-state index in [4.69, 9.17) is 0 Å². The predicted molar refractivity (Wildman–Crippen MR) is 75.5 cm³/mol. The van der Waals surface area contributed by atoms with E-state index in [9.17, 15) is 0 Å². The van der Waals surface area contributed by atoms with Crippen LogP contribution in [-0.4, -0.2) is 6.21 Å². The predicted octanol–water partition coefficient (Wildman–Crippen LogP) is 4.98. The number of hydrogen-bond donors (Lipinski definition) is 0. The van der Waals surface area contributed by atoms with E-state index in [1.165, 1.54) is 19.5 Å². The number of aryl methyl sites for hydroxylation is 2. The molecule has 0 aliphatic carbocycles. The largest absolute Gasteiger partial charge is 0.255 e. The lowest BCUT2D eigenvalue weighted by Gasteiger charge is -1.93. The van der Waals surface area contributed by atoms with Gasteiger partial charge in [0.2, 0.25) is 0 Å². The number of thiophene rings is 2. The zero-order chi connectivity index (χ0) is 11.5. The molecule has 0 saturated heterocycles. The first kappa shape index (κ1) is 11.3. The molecule has 0 unspecified atom stereocenters. The van der Waals surface area contributed by atoms with E-state index in [0.29, 0.717) is 0 Å². The van der Waals surface area contributed by atoms with Gasteiger partial charge in [-0.1, -0.05) is 12.7 Å². The van der Waals surface area contributed by atoms with Gasteiger partial charge in [0.1, 0.15) is 0 Å². The molecule has 0 radical (unpaired) electrons. The summed E-state index contributed by atoms with van der Waals surface area (Å²) in [6, 6.07) is 6.43. The van der Waals surface area contributed by atoms with Crippen LogP contribution in [0.15, 0.2) is 35.8 Å². The lowest BCUT2D eigenvalue weighted by atomic mass is 10.3. The molecule has 0 N–H and O–H groups in total. The highest BCUT2D eigenvalue weighted by Crippen LogP contribution is 2.41. The molecule has 1 nitrogen and oxygen atoms in total. The molecular formula is C13H13NS2. The van der Waals surface area contributed by atoms with Crippen LogP contribution in [0.5, 0.6) is 0 Å². The van der Waals surface area contributed by atoms with Crippen molar-refractivity contribution in [3.8, 4) is 9.75 Å². The maximum absolute atomic E-state index is 4.41. The van der Waals surface area contributed by atoms with Gasteiger partial charge in [-0.3, -0.25) is 4.99 Å². The molecule has 0 bridgehead atoms. The third kappa shape index (κ3) is 2.31. The van der Waals surface area contributed by atoms with Crippen LogP contribution in [0.2, 0.25) is 0 Å². The van der Waals surface area contributed by atoms with Gasteiger partial charge >= 0.3 is 0 Å². The minimum Gasteiger partial charge on any atom is -0.255 e. The van der Waals surface area contributed by atoms with Crippen molar-refractivity contribution < 1.29 is 0 Å². The Kier molecular flexibility index (Phi) is 3.36. The average molecular weight is 247 g/mol. The molecule has 0 saturated carbocycles. The molecule has 3 heteroatoms. The zero-order valence-corrected chi connectivity index (χ0v) is 11.0. The van der Waals surface area contributed by atoms with E-state index < -0.39 is 0 Å². The van der Waals surface area contributed by atoms with Crippen LogP contribution >= 0.6 is 22.7 Å². The van der Waals surface area contributed by atoms with Crippen molar-refractivity contribution in [1.82, 2.24) is 0 Å². The first-order chi connectivity index (χ1) is 7.70. The van der Waals surface area contributed by atoms with Crippen LogP contribution in [0.25, 0.3) is 9.75 Å². The van der Waals surface area contributed by atoms with Gasteiger partial charge in [0.25, 0.3) is 0 Å². The lowest BCUT2D eigenvalue weighted by Crippen LogP contribution is -1.65. The van der Waals surface area contributed by atoms with Crippen LogP contribution in [-0.2, 0) is 0 Å². The SMILES string of the molecule is C=CC=Nc1cc(C)sc1-c1ccc(C)s1. The molecule has 2 aromatic rings. The highest BCUT2D eigenvalue weighted by Gasteiger charge is 2.09. The molecule has 2 heterocycles. The van der Waals surface area contributed by atoms with Gasteiger partial charge < -0.3 is 0 Å². The minimum atomic E-state index is 1.05. The quantitative estimate of drug-likeness (QED) is 0.678. The molecule has 0 aliphatic rings. The van der Waals surface area contributed by atoms with Crippen molar-refractivity contribution in [2.24, 2.45) is 4.99 Å². The van der Waals surface area contributed by atoms with Crippen molar-refractivity contribution in [3.63, 3.8) is 0 Å². The summed E-state index contributed by atoms with van der Waals surface area (Å²) in [5.74, 6) is 0. The van der Waals surface area contributed by atoms with Gasteiger partial charge in [-0.05, 0) is 32.0 Å². The third-order valence-corrected chi connectivity index (χ3v) is 4.34. The highest BCUT2D eigenvalue weighted by atomic mass is 32.1. The Bertz CT molecular complexity index is 532. The smallest absolute Gasteiger partial charge is 0.0826 e. The summed E-state index contributed by atoms with van der Waals surface area (Å²) in [7, 11) is 0. The normalized spacial score (nSPS) is 11.1. The van der Waals surface area contributed by atoms with E-state index in [-0.39, 0.29) is 0 Å². The number of allylic oxidation sites excluding steroid dienone is 1. The van der Waals surface area contributed by atoms with Crippen molar-refractivity contribution in [1.29, 1.82) is 0 Å². The molecule has 16 heavy (non-hydrogen) atoms. The third-order valence-electron chi connectivity index (χ3n) is 2.12. The van der Waals surface area contributed by atoms with Crippen LogP contribution in [0.4, 0.5) is 5.69 Å². The summed E-state index contributed by atoms with van der Waals surface area (Å²) < 4.78 is 0. The summed E-state index contributed by atoms with van der Waals surface area (Å²) >= 11 is 3.61. The van der Waals surface area contributed by atoms with Gasteiger partial charge in [0.05, 0.1) is 10.6 Å². The van der Waals surface area contributed by atoms with Crippen LogP contribution in [0, 0.1) is 13.8 Å². The van der Waals surface area contributed by atoms with E-state index in [2.05, 4.69) is 43.6 Å². The minimum absolute atomic E-state index is 1.05. The fraction of sp³-hybridized carbons (Fsp3) is 0.154. The second-order valence-electron chi connectivity index (χ2n) is 3.50. The summed E-state index contributed by atoms with van der Waals surface area (Å²) in [6.45, 7) is 7.88. The molecule has 0 fully saturated rings. The molecule has 82 valence electrons. The second kappa shape index (κ2) is 4.76. The summed E-state index contributed by atoms with van der Waals surface area (Å²) in [4.78, 5) is 9.58. The Morgan fingerprint density at radius 1 is 1.19 bits per heavy atom. The van der Waals surface area contributed by atoms with Crippen molar-refractivity contribution in [2.45, 2.75) is 13.8 Å². The van der Waals surface area contributed by atoms with Crippen LogP contribution < -0.4 is 0 Å². The fourth-order valence-electron chi connectivity index (χ4n) is 1.46. The van der Waals surface area contributed by atoms with E-state index in [0.717, 1.165) is 5.69 Å². The van der Waals surface area contributed by atoms with Crippen LogP contribution in [0.3, 0.4) is 0 Å². The van der Waals surface area contributed by atoms with E-state index in [1.807, 2.05) is 11.3 Å². The number of aliphatic imine (C=N–C) groups is 1. The molecule has 0 amide bonds. The Morgan fingerprint density at radius 3 is 2.62 bits per heavy atom. The van der Waals surface area contributed by atoms with Crippen molar-refractivity contribution >= 4 is 34.6 Å². The average Bonchev–Trinajstić information content (AvgIpc) is 2.81. The van der Waals surface area contributed by atoms with Gasteiger partial charge in [-0.15, -0.1) is 22.7 Å². The molecular weight excluding hydrogens is 234 g/mol. The first-order valence-corrected chi connectivity index (χ1v) is 6.66. The Hall–Kier alpha value is -1.19. The number of hydrogen-bond acceptors (Lipinski definition) is 3. The van der Waals surface area contributed by atoms with Gasteiger partial charge in [0, 0.05) is 20.8 Å². The monoisotopic (exact) mass is 247 g/mol.